The molecule has 0 fully saturated rings. The third-order valence-electron chi connectivity index (χ3n) is 1.72. The largest absolute Gasteiger partial charge is 0.393 e. The molecule has 1 aromatic rings. The van der Waals surface area contributed by atoms with Gasteiger partial charge >= 0.3 is 4.87 Å². The lowest BCUT2D eigenvalue weighted by atomic mass is 10.2. The Bertz CT molecular complexity index is 329. The van der Waals surface area contributed by atoms with Crippen molar-refractivity contribution in [3.63, 3.8) is 0 Å². The van der Waals surface area contributed by atoms with Crippen LogP contribution in [0.5, 0.6) is 0 Å². The van der Waals surface area contributed by atoms with Crippen LogP contribution in [0, 0.1) is 0 Å². The zero-order valence-electron chi connectivity index (χ0n) is 7.23. The van der Waals surface area contributed by atoms with E-state index in [1.54, 1.807) is 9.95 Å². The highest BCUT2D eigenvalue weighted by Crippen LogP contribution is 1.99. The van der Waals surface area contributed by atoms with Gasteiger partial charge in [0.1, 0.15) is 0 Å². The quantitative estimate of drug-likeness (QED) is 0.597. The Labute approximate surface area is 86.2 Å². The van der Waals surface area contributed by atoms with Gasteiger partial charge in [-0.1, -0.05) is 23.6 Å². The van der Waals surface area contributed by atoms with Crippen LogP contribution in [-0.4, -0.2) is 9.56 Å². The fraction of sp³-hybridized carbons (Fsp3) is 0.500. The van der Waals surface area contributed by atoms with Gasteiger partial charge in [-0.25, -0.2) is 0 Å². The molecule has 5 heteroatoms. The molecule has 0 radical (unpaired) electrons. The first-order valence-corrected chi connectivity index (χ1v) is 5.41. The average molecular weight is 216 g/mol. The van der Waals surface area contributed by atoms with Gasteiger partial charge in [0, 0.05) is 18.1 Å². The number of nitrogens with two attached hydrogens (primary N) is 1. The zero-order chi connectivity index (χ0) is 9.68. The molecule has 0 saturated heterocycles. The minimum Gasteiger partial charge on any atom is -0.393 e. The van der Waals surface area contributed by atoms with Gasteiger partial charge in [0.2, 0.25) is 0 Å². The van der Waals surface area contributed by atoms with Crippen molar-refractivity contribution < 1.29 is 0 Å². The van der Waals surface area contributed by atoms with Crippen LogP contribution >= 0.6 is 23.6 Å². The van der Waals surface area contributed by atoms with Crippen molar-refractivity contribution in [3.8, 4) is 0 Å². The fourth-order valence-corrected chi connectivity index (χ4v) is 1.79. The summed E-state index contributed by atoms with van der Waals surface area (Å²) in [5.74, 6) is 0. The average Bonchev–Trinajstić information content (AvgIpc) is 2.45. The summed E-state index contributed by atoms with van der Waals surface area (Å²) < 4.78 is 1.71. The van der Waals surface area contributed by atoms with Gasteiger partial charge in [-0.3, -0.25) is 4.79 Å². The number of aromatic nitrogens is 1. The van der Waals surface area contributed by atoms with E-state index in [0.717, 1.165) is 25.8 Å². The standard InChI is InChI=1S/C8H12N2OS2/c9-7(12)3-1-2-4-10-5-6-13-8(10)11/h5-6H,1-4H2,(H2,9,12). The summed E-state index contributed by atoms with van der Waals surface area (Å²) in [6, 6.07) is 0. The molecule has 0 unspecified atom stereocenters. The van der Waals surface area contributed by atoms with Crippen LogP contribution in [0.3, 0.4) is 0 Å². The normalized spacial score (nSPS) is 10.2. The Morgan fingerprint density at radius 3 is 2.92 bits per heavy atom. The maximum Gasteiger partial charge on any atom is 0.307 e. The van der Waals surface area contributed by atoms with E-state index in [0.29, 0.717) is 4.99 Å². The lowest BCUT2D eigenvalue weighted by molar-refractivity contribution is 0.613. The Balaban J connectivity index is 2.24. The van der Waals surface area contributed by atoms with Crippen LogP contribution in [0.2, 0.25) is 0 Å². The van der Waals surface area contributed by atoms with Crippen molar-refractivity contribution in [1.82, 2.24) is 4.57 Å². The smallest absolute Gasteiger partial charge is 0.307 e. The molecule has 0 aliphatic heterocycles. The van der Waals surface area contributed by atoms with Gasteiger partial charge in [-0.15, -0.1) is 0 Å². The molecule has 0 aliphatic rings. The first-order chi connectivity index (χ1) is 6.20. The van der Waals surface area contributed by atoms with Crippen LogP contribution in [0.4, 0.5) is 0 Å². The number of hydrogen-bond acceptors (Lipinski definition) is 3. The minimum atomic E-state index is 0.107. The monoisotopic (exact) mass is 216 g/mol. The minimum absolute atomic E-state index is 0.107. The van der Waals surface area contributed by atoms with Crippen LogP contribution in [-0.2, 0) is 6.54 Å². The zero-order valence-corrected chi connectivity index (χ0v) is 8.87. The topological polar surface area (TPSA) is 48.0 Å². The highest BCUT2D eigenvalue weighted by molar-refractivity contribution is 7.80. The van der Waals surface area contributed by atoms with E-state index in [1.807, 2.05) is 6.20 Å². The van der Waals surface area contributed by atoms with E-state index in [1.165, 1.54) is 11.3 Å². The van der Waals surface area contributed by atoms with E-state index < -0.39 is 0 Å². The van der Waals surface area contributed by atoms with E-state index >= 15 is 0 Å². The second kappa shape index (κ2) is 5.14. The van der Waals surface area contributed by atoms with Gasteiger partial charge in [0.25, 0.3) is 0 Å². The first-order valence-electron chi connectivity index (χ1n) is 4.12. The number of rotatable bonds is 5. The van der Waals surface area contributed by atoms with Gasteiger partial charge in [-0.2, -0.15) is 0 Å². The maximum atomic E-state index is 11.1. The third-order valence-corrected chi connectivity index (χ3v) is 2.61. The van der Waals surface area contributed by atoms with E-state index in [9.17, 15) is 4.79 Å². The van der Waals surface area contributed by atoms with Crippen molar-refractivity contribution >= 4 is 28.5 Å². The van der Waals surface area contributed by atoms with Crippen LogP contribution < -0.4 is 10.6 Å². The first kappa shape index (κ1) is 10.4. The Kier molecular flexibility index (Phi) is 4.11. The van der Waals surface area contributed by atoms with Crippen molar-refractivity contribution in [3.05, 3.63) is 21.2 Å². The van der Waals surface area contributed by atoms with Gasteiger partial charge in [-0.05, 0) is 19.3 Å². The molecule has 2 N–H and O–H groups in total. The maximum absolute atomic E-state index is 11.1. The number of thiocarbonyl (C=S) groups is 1. The molecule has 0 aromatic carbocycles. The number of thiazole rings is 1. The van der Waals surface area contributed by atoms with Gasteiger partial charge in [0.15, 0.2) is 0 Å². The summed E-state index contributed by atoms with van der Waals surface area (Å²) in [6.07, 6.45) is 4.49. The number of nitrogens with zero attached hydrogens (tertiary/aromatic N) is 1. The fourth-order valence-electron chi connectivity index (χ4n) is 1.04. The predicted octanol–water partition coefficient (Wildman–Crippen LogP) is 1.37. The summed E-state index contributed by atoms with van der Waals surface area (Å²) >= 11 is 5.97. The van der Waals surface area contributed by atoms with Crippen molar-refractivity contribution in [2.45, 2.75) is 25.8 Å². The number of aryl methyl sites for hydroxylation is 1. The second-order valence-electron chi connectivity index (χ2n) is 2.79. The summed E-state index contributed by atoms with van der Waals surface area (Å²) in [5, 5.41) is 1.80. The molecule has 0 atom stereocenters. The SMILES string of the molecule is NC(=S)CCCCn1ccsc1=O. The second-order valence-corrected chi connectivity index (χ2v) is 4.17. The molecule has 72 valence electrons. The summed E-state index contributed by atoms with van der Waals surface area (Å²) in [5.41, 5.74) is 5.35. The van der Waals surface area contributed by atoms with Crippen LogP contribution in [0.15, 0.2) is 16.4 Å². The summed E-state index contributed by atoms with van der Waals surface area (Å²) in [7, 11) is 0. The highest BCUT2D eigenvalue weighted by atomic mass is 32.1. The lowest BCUT2D eigenvalue weighted by Crippen LogP contribution is -2.12. The number of hydrogen-bond donors (Lipinski definition) is 1. The third kappa shape index (κ3) is 3.69. The molecule has 13 heavy (non-hydrogen) atoms. The number of unbranched alkanes of at least 4 members (excludes halogenated alkanes) is 1. The molecule has 0 bridgehead atoms. The molecule has 0 spiro atoms. The Hall–Kier alpha value is -0.680. The van der Waals surface area contributed by atoms with Crippen molar-refractivity contribution in [2.24, 2.45) is 5.73 Å². The molecule has 0 aliphatic carbocycles. The highest BCUT2D eigenvalue weighted by Gasteiger charge is 1.96. The van der Waals surface area contributed by atoms with Crippen molar-refractivity contribution in [2.75, 3.05) is 0 Å². The molecule has 1 heterocycles. The van der Waals surface area contributed by atoms with Crippen molar-refractivity contribution in [1.29, 1.82) is 0 Å². The van der Waals surface area contributed by atoms with E-state index in [4.69, 9.17) is 18.0 Å². The van der Waals surface area contributed by atoms with Crippen LogP contribution in [0.25, 0.3) is 0 Å². The van der Waals surface area contributed by atoms with Gasteiger partial charge < -0.3 is 10.3 Å². The lowest BCUT2D eigenvalue weighted by Gasteiger charge is -2.00. The summed E-state index contributed by atoms with van der Waals surface area (Å²) in [6.45, 7) is 0.769. The molecule has 3 nitrogen and oxygen atoms in total. The molecular weight excluding hydrogens is 204 g/mol. The van der Waals surface area contributed by atoms with E-state index in [-0.39, 0.29) is 4.87 Å². The Morgan fingerprint density at radius 1 is 1.62 bits per heavy atom. The molecule has 1 rings (SSSR count). The van der Waals surface area contributed by atoms with Crippen LogP contribution in [0.1, 0.15) is 19.3 Å². The molecular formula is C8H12N2OS2. The molecule has 0 amide bonds. The predicted molar refractivity (Wildman–Crippen MR) is 59.2 cm³/mol. The molecule has 0 saturated carbocycles. The molecule has 1 aromatic heterocycles. The van der Waals surface area contributed by atoms with E-state index in [2.05, 4.69) is 0 Å². The Morgan fingerprint density at radius 2 is 2.38 bits per heavy atom. The summed E-state index contributed by atoms with van der Waals surface area (Å²) in [4.78, 5) is 11.7. The van der Waals surface area contributed by atoms with Gasteiger partial charge in [0.05, 0.1) is 4.99 Å².